The summed E-state index contributed by atoms with van der Waals surface area (Å²) in [5.41, 5.74) is 4.36. The maximum absolute atomic E-state index is 12.2. The van der Waals surface area contributed by atoms with Crippen LogP contribution in [0.5, 0.6) is 11.5 Å². The topological polar surface area (TPSA) is 69.9 Å². The first-order chi connectivity index (χ1) is 14.6. The Morgan fingerprint density at radius 1 is 1.17 bits per heavy atom. The predicted molar refractivity (Wildman–Crippen MR) is 118 cm³/mol. The van der Waals surface area contributed by atoms with E-state index in [1.54, 1.807) is 26.6 Å². The Labute approximate surface area is 176 Å². The van der Waals surface area contributed by atoms with Gasteiger partial charge in [-0.3, -0.25) is 4.79 Å². The Balaban J connectivity index is 2.01. The average molecular weight is 409 g/mol. The molecule has 158 valence electrons. The highest BCUT2D eigenvalue weighted by Crippen LogP contribution is 2.37. The first-order valence-corrected chi connectivity index (χ1v) is 9.85. The summed E-state index contributed by atoms with van der Waals surface area (Å²) in [6, 6.07) is 11.7. The Bertz CT molecular complexity index is 1030. The van der Waals surface area contributed by atoms with Crippen LogP contribution in [-0.2, 0) is 9.53 Å². The number of methoxy groups -OCH3 is 2. The molecule has 0 bridgehead atoms. The molecule has 30 heavy (non-hydrogen) atoms. The molecule has 0 saturated heterocycles. The lowest BCUT2D eigenvalue weighted by Gasteiger charge is -2.12. The van der Waals surface area contributed by atoms with Crippen LogP contribution in [0.1, 0.15) is 19.4 Å². The summed E-state index contributed by atoms with van der Waals surface area (Å²) in [4.78, 5) is 12.2. The number of hydrogen-bond donors (Lipinski definition) is 1. The first kappa shape index (κ1) is 21.5. The van der Waals surface area contributed by atoms with Crippen LogP contribution in [0.2, 0.25) is 0 Å². The van der Waals surface area contributed by atoms with E-state index in [0.29, 0.717) is 25.5 Å². The van der Waals surface area contributed by atoms with Crippen molar-refractivity contribution in [1.82, 2.24) is 5.32 Å². The van der Waals surface area contributed by atoms with Crippen molar-refractivity contribution in [1.29, 1.82) is 0 Å². The van der Waals surface area contributed by atoms with Gasteiger partial charge < -0.3 is 23.9 Å². The average Bonchev–Trinajstić information content (AvgIpc) is 3.16. The van der Waals surface area contributed by atoms with Gasteiger partial charge >= 0.3 is 0 Å². The van der Waals surface area contributed by atoms with Gasteiger partial charge in [0.05, 0.1) is 26.6 Å². The molecule has 0 radical (unpaired) electrons. The predicted octanol–water partition coefficient (Wildman–Crippen LogP) is 4.67. The van der Waals surface area contributed by atoms with E-state index in [9.17, 15) is 4.79 Å². The van der Waals surface area contributed by atoms with E-state index in [1.807, 2.05) is 50.2 Å². The van der Waals surface area contributed by atoms with E-state index in [-0.39, 0.29) is 5.91 Å². The molecule has 0 atom stereocenters. The molecule has 1 heterocycles. The molecule has 0 saturated carbocycles. The van der Waals surface area contributed by atoms with Gasteiger partial charge in [-0.15, -0.1) is 0 Å². The van der Waals surface area contributed by atoms with E-state index in [4.69, 9.17) is 18.6 Å². The highest BCUT2D eigenvalue weighted by Gasteiger charge is 2.15. The van der Waals surface area contributed by atoms with Gasteiger partial charge in [0.25, 0.3) is 0 Å². The second kappa shape index (κ2) is 9.98. The number of benzene rings is 2. The Morgan fingerprint density at radius 2 is 1.93 bits per heavy atom. The van der Waals surface area contributed by atoms with Gasteiger partial charge in [0.2, 0.25) is 5.91 Å². The fraction of sp³-hybridized carbons (Fsp3) is 0.292. The van der Waals surface area contributed by atoms with Crippen LogP contribution in [0.4, 0.5) is 0 Å². The number of allylic oxidation sites excluding steroid dienone is 1. The Morgan fingerprint density at radius 3 is 2.60 bits per heavy atom. The van der Waals surface area contributed by atoms with Crippen LogP contribution in [-0.4, -0.2) is 39.9 Å². The van der Waals surface area contributed by atoms with Crippen molar-refractivity contribution in [3.05, 3.63) is 54.3 Å². The standard InChI is InChI=1S/C24H27NO5/c1-5-29-22-14-23-20(13-19(22)16(2)12-24(26)25-10-11-27-3)21(15-30-23)17-6-8-18(28-4)9-7-17/h6-9,12-15H,5,10-11H2,1-4H3,(H,25,26)/b16-12+. The second-order valence-corrected chi connectivity index (χ2v) is 6.77. The van der Waals surface area contributed by atoms with Gasteiger partial charge in [0, 0.05) is 42.3 Å². The highest BCUT2D eigenvalue weighted by molar-refractivity contribution is 6.00. The molecule has 3 rings (SSSR count). The summed E-state index contributed by atoms with van der Waals surface area (Å²) in [6.45, 7) is 5.26. The van der Waals surface area contributed by atoms with Crippen LogP contribution in [0.15, 0.2) is 53.2 Å². The first-order valence-electron chi connectivity index (χ1n) is 9.85. The third-order valence-electron chi connectivity index (χ3n) is 4.75. The summed E-state index contributed by atoms with van der Waals surface area (Å²) in [5.74, 6) is 1.30. The number of fused-ring (bicyclic) bond motifs is 1. The molecule has 6 nitrogen and oxygen atoms in total. The zero-order chi connectivity index (χ0) is 21.5. The van der Waals surface area contributed by atoms with E-state index >= 15 is 0 Å². The summed E-state index contributed by atoms with van der Waals surface area (Å²) >= 11 is 0. The number of nitrogens with one attached hydrogen (secondary N) is 1. The fourth-order valence-corrected chi connectivity index (χ4v) is 3.23. The SMILES string of the molecule is CCOc1cc2occ(-c3ccc(OC)cc3)c2cc1/C(C)=C/C(=O)NCCOC. The third-order valence-corrected chi connectivity index (χ3v) is 4.75. The van der Waals surface area contributed by atoms with Crippen LogP contribution in [0, 0.1) is 0 Å². The molecule has 2 aromatic carbocycles. The number of ether oxygens (including phenoxy) is 3. The smallest absolute Gasteiger partial charge is 0.244 e. The lowest BCUT2D eigenvalue weighted by Crippen LogP contribution is -2.25. The van der Waals surface area contributed by atoms with Crippen molar-refractivity contribution in [2.75, 3.05) is 34.0 Å². The largest absolute Gasteiger partial charge is 0.497 e. The quantitative estimate of drug-likeness (QED) is 0.411. The van der Waals surface area contributed by atoms with Gasteiger partial charge in [-0.05, 0) is 43.2 Å². The zero-order valence-corrected chi connectivity index (χ0v) is 17.8. The zero-order valence-electron chi connectivity index (χ0n) is 17.8. The summed E-state index contributed by atoms with van der Waals surface area (Å²) < 4.78 is 21.8. The van der Waals surface area contributed by atoms with Gasteiger partial charge in [-0.25, -0.2) is 0 Å². The molecule has 1 amide bonds. The molecular formula is C24H27NO5. The molecule has 0 aliphatic rings. The van der Waals surface area contributed by atoms with Crippen LogP contribution in [0.25, 0.3) is 27.7 Å². The Hall–Kier alpha value is -3.25. The molecule has 6 heteroatoms. The monoisotopic (exact) mass is 409 g/mol. The van der Waals surface area contributed by atoms with Crippen molar-refractivity contribution in [2.24, 2.45) is 0 Å². The van der Waals surface area contributed by atoms with Crippen molar-refractivity contribution in [3.63, 3.8) is 0 Å². The summed E-state index contributed by atoms with van der Waals surface area (Å²) in [6.07, 6.45) is 3.31. The van der Waals surface area contributed by atoms with Gasteiger partial charge in [0.1, 0.15) is 17.1 Å². The second-order valence-electron chi connectivity index (χ2n) is 6.77. The molecular weight excluding hydrogens is 382 g/mol. The van der Waals surface area contributed by atoms with Gasteiger partial charge in [-0.2, -0.15) is 0 Å². The third kappa shape index (κ3) is 4.83. The maximum atomic E-state index is 12.2. The molecule has 0 fully saturated rings. The molecule has 3 aromatic rings. The lowest BCUT2D eigenvalue weighted by atomic mass is 9.99. The minimum absolute atomic E-state index is 0.172. The maximum Gasteiger partial charge on any atom is 0.244 e. The normalized spacial score (nSPS) is 11.5. The number of hydrogen-bond acceptors (Lipinski definition) is 5. The van der Waals surface area contributed by atoms with Gasteiger partial charge in [0.15, 0.2) is 0 Å². The molecule has 0 spiro atoms. The molecule has 0 aliphatic carbocycles. The number of furan rings is 1. The van der Waals surface area contributed by atoms with Crippen molar-refractivity contribution in [2.45, 2.75) is 13.8 Å². The highest BCUT2D eigenvalue weighted by atomic mass is 16.5. The van der Waals surface area contributed by atoms with Gasteiger partial charge in [-0.1, -0.05) is 12.1 Å². The Kier molecular flexibility index (Phi) is 7.14. The van der Waals surface area contributed by atoms with E-state index in [2.05, 4.69) is 5.32 Å². The number of carbonyl (C=O) groups excluding carboxylic acids is 1. The molecule has 0 unspecified atom stereocenters. The molecule has 1 aromatic heterocycles. The van der Waals surface area contributed by atoms with Crippen LogP contribution < -0.4 is 14.8 Å². The molecule has 0 aliphatic heterocycles. The van der Waals surface area contributed by atoms with Crippen molar-refractivity contribution < 1.29 is 23.4 Å². The number of carbonyl (C=O) groups is 1. The minimum atomic E-state index is -0.172. The van der Waals surface area contributed by atoms with E-state index < -0.39 is 0 Å². The van der Waals surface area contributed by atoms with Crippen molar-refractivity contribution in [3.8, 4) is 22.6 Å². The van der Waals surface area contributed by atoms with E-state index in [1.165, 1.54) is 0 Å². The summed E-state index contributed by atoms with van der Waals surface area (Å²) in [5, 5.41) is 3.75. The van der Waals surface area contributed by atoms with E-state index in [0.717, 1.165) is 39.0 Å². The van der Waals surface area contributed by atoms with Crippen LogP contribution >= 0.6 is 0 Å². The number of rotatable bonds is 9. The van der Waals surface area contributed by atoms with Crippen LogP contribution in [0.3, 0.4) is 0 Å². The minimum Gasteiger partial charge on any atom is -0.497 e. The lowest BCUT2D eigenvalue weighted by molar-refractivity contribution is -0.116. The summed E-state index contributed by atoms with van der Waals surface area (Å²) in [7, 11) is 3.24. The van der Waals surface area contributed by atoms with Crippen molar-refractivity contribution >= 4 is 22.4 Å². The number of amides is 1. The fourth-order valence-electron chi connectivity index (χ4n) is 3.23. The molecule has 1 N–H and O–H groups in total.